The maximum atomic E-state index is 12.9. The molecule has 2 aliphatic heterocycles. The summed E-state index contributed by atoms with van der Waals surface area (Å²) >= 11 is 0. The van der Waals surface area contributed by atoms with Crippen LogP contribution >= 0.6 is 0 Å². The monoisotopic (exact) mass is 435 g/mol. The summed E-state index contributed by atoms with van der Waals surface area (Å²) in [5.74, 6) is 1.20. The number of likely N-dealkylation sites (tertiary alicyclic amines) is 1. The van der Waals surface area contributed by atoms with Crippen LogP contribution in [0.4, 0.5) is 0 Å². The van der Waals surface area contributed by atoms with Crippen molar-refractivity contribution in [2.45, 2.75) is 57.0 Å². The lowest BCUT2D eigenvalue weighted by molar-refractivity contribution is 0.267. The quantitative estimate of drug-likeness (QED) is 0.507. The number of guanidine groups is 1. The Hall–Kier alpha value is -1.64. The maximum Gasteiger partial charge on any atom is 0.243 e. The van der Waals surface area contributed by atoms with E-state index in [0.29, 0.717) is 36.5 Å². The number of sulfonamides is 1. The van der Waals surface area contributed by atoms with Crippen molar-refractivity contribution >= 4 is 16.0 Å². The zero-order valence-electron chi connectivity index (χ0n) is 18.6. The molecule has 0 radical (unpaired) electrons. The van der Waals surface area contributed by atoms with E-state index in [9.17, 15) is 8.42 Å². The standard InChI is InChI=1S/C22H37N5O2S/c1-4-26-13-6-8-20(26)16-25-22(23-3)24-15-19-9-11-21(12-10-19)30(28,29)27-14-5-7-18(2)17-27/h9-12,18,20H,4-8,13-17H2,1-3H3,(H2,23,24,25). The van der Waals surface area contributed by atoms with Crippen LogP contribution in [-0.2, 0) is 16.6 Å². The van der Waals surface area contributed by atoms with E-state index in [-0.39, 0.29) is 0 Å². The molecule has 0 bridgehead atoms. The highest BCUT2D eigenvalue weighted by Crippen LogP contribution is 2.23. The summed E-state index contributed by atoms with van der Waals surface area (Å²) in [6.07, 6.45) is 4.52. The number of hydrogen-bond donors (Lipinski definition) is 2. The first-order chi connectivity index (χ1) is 14.4. The van der Waals surface area contributed by atoms with Crippen LogP contribution in [0.2, 0.25) is 0 Å². The van der Waals surface area contributed by atoms with Gasteiger partial charge in [0.1, 0.15) is 0 Å². The van der Waals surface area contributed by atoms with Crippen LogP contribution in [0.15, 0.2) is 34.2 Å². The fourth-order valence-corrected chi connectivity index (χ4v) is 6.05. The summed E-state index contributed by atoms with van der Waals surface area (Å²) in [7, 11) is -1.63. The van der Waals surface area contributed by atoms with E-state index in [1.54, 1.807) is 23.5 Å². The largest absolute Gasteiger partial charge is 0.355 e. The molecule has 0 amide bonds. The summed E-state index contributed by atoms with van der Waals surface area (Å²) < 4.78 is 27.4. The number of nitrogens with one attached hydrogen (secondary N) is 2. The van der Waals surface area contributed by atoms with E-state index >= 15 is 0 Å². The average Bonchev–Trinajstić information content (AvgIpc) is 3.22. The maximum absolute atomic E-state index is 12.9. The Labute approximate surface area is 182 Å². The van der Waals surface area contributed by atoms with Crippen LogP contribution in [0.1, 0.15) is 45.1 Å². The van der Waals surface area contributed by atoms with Gasteiger partial charge in [-0.2, -0.15) is 4.31 Å². The van der Waals surface area contributed by atoms with Crippen molar-refractivity contribution in [3.8, 4) is 0 Å². The molecule has 2 N–H and O–H groups in total. The summed E-state index contributed by atoms with van der Waals surface area (Å²) in [6.45, 7) is 9.32. The third-order valence-corrected chi connectivity index (χ3v) is 8.15. The fourth-order valence-electron chi connectivity index (χ4n) is 4.46. The second kappa shape index (κ2) is 10.6. The molecular weight excluding hydrogens is 398 g/mol. The molecule has 0 spiro atoms. The first kappa shape index (κ1) is 23.0. The predicted molar refractivity (Wildman–Crippen MR) is 122 cm³/mol. The first-order valence-corrected chi connectivity index (χ1v) is 12.7. The van der Waals surface area contributed by atoms with Gasteiger partial charge in [0.15, 0.2) is 5.96 Å². The third-order valence-electron chi connectivity index (χ3n) is 6.27. The molecular formula is C22H37N5O2S. The number of likely N-dealkylation sites (N-methyl/N-ethyl adjacent to an activating group) is 1. The molecule has 1 aromatic carbocycles. The zero-order valence-corrected chi connectivity index (χ0v) is 19.4. The van der Waals surface area contributed by atoms with Gasteiger partial charge in [0, 0.05) is 39.3 Å². The van der Waals surface area contributed by atoms with E-state index < -0.39 is 10.0 Å². The lowest BCUT2D eigenvalue weighted by atomic mass is 10.0. The van der Waals surface area contributed by atoms with Gasteiger partial charge in [-0.05, 0) is 62.4 Å². The van der Waals surface area contributed by atoms with E-state index in [4.69, 9.17) is 0 Å². The molecule has 2 saturated heterocycles. The van der Waals surface area contributed by atoms with Gasteiger partial charge in [-0.3, -0.25) is 9.89 Å². The van der Waals surface area contributed by atoms with Gasteiger partial charge in [-0.1, -0.05) is 26.0 Å². The molecule has 2 unspecified atom stereocenters. The Kier molecular flexibility index (Phi) is 8.13. The van der Waals surface area contributed by atoms with Crippen molar-refractivity contribution in [2.24, 2.45) is 10.9 Å². The van der Waals surface area contributed by atoms with Crippen molar-refractivity contribution in [1.29, 1.82) is 0 Å². The molecule has 168 valence electrons. The van der Waals surface area contributed by atoms with E-state index in [2.05, 4.69) is 34.4 Å². The summed E-state index contributed by atoms with van der Waals surface area (Å²) in [4.78, 5) is 7.19. The lowest BCUT2D eigenvalue weighted by Crippen LogP contribution is -2.44. The topological polar surface area (TPSA) is 77.0 Å². The fraction of sp³-hybridized carbons (Fsp3) is 0.682. The van der Waals surface area contributed by atoms with Crippen LogP contribution in [0.25, 0.3) is 0 Å². The molecule has 2 fully saturated rings. The Morgan fingerprint density at radius 2 is 1.87 bits per heavy atom. The highest BCUT2D eigenvalue weighted by atomic mass is 32.2. The first-order valence-electron chi connectivity index (χ1n) is 11.2. The van der Waals surface area contributed by atoms with Gasteiger partial charge in [-0.25, -0.2) is 8.42 Å². The number of benzene rings is 1. The van der Waals surface area contributed by atoms with Crippen LogP contribution in [0.3, 0.4) is 0 Å². The SMILES string of the molecule is CCN1CCCC1CNC(=NC)NCc1ccc(S(=O)(=O)N2CCCC(C)C2)cc1. The molecule has 0 aliphatic carbocycles. The van der Waals surface area contributed by atoms with Crippen LogP contribution in [0.5, 0.6) is 0 Å². The smallest absolute Gasteiger partial charge is 0.243 e. The Balaban J connectivity index is 1.52. The average molecular weight is 436 g/mol. The molecule has 30 heavy (non-hydrogen) atoms. The van der Waals surface area contributed by atoms with Crippen molar-refractivity contribution in [3.05, 3.63) is 29.8 Å². The van der Waals surface area contributed by atoms with E-state index in [1.807, 2.05) is 12.1 Å². The van der Waals surface area contributed by atoms with Gasteiger partial charge in [0.05, 0.1) is 4.90 Å². The van der Waals surface area contributed by atoms with E-state index in [1.165, 1.54) is 19.4 Å². The molecule has 2 atom stereocenters. The number of rotatable bonds is 7. The Morgan fingerprint density at radius 1 is 1.13 bits per heavy atom. The molecule has 8 heteroatoms. The minimum absolute atomic E-state index is 0.378. The van der Waals surface area contributed by atoms with Crippen molar-refractivity contribution < 1.29 is 8.42 Å². The van der Waals surface area contributed by atoms with Gasteiger partial charge in [0.25, 0.3) is 0 Å². The molecule has 7 nitrogen and oxygen atoms in total. The Bertz CT molecular complexity index is 809. The summed E-state index contributed by atoms with van der Waals surface area (Å²) in [6, 6.07) is 7.78. The van der Waals surface area contributed by atoms with Gasteiger partial charge in [0.2, 0.25) is 10.0 Å². The minimum Gasteiger partial charge on any atom is -0.355 e. The van der Waals surface area contributed by atoms with Gasteiger partial charge < -0.3 is 10.6 Å². The number of aliphatic imine (C=N–C) groups is 1. The zero-order chi connectivity index (χ0) is 21.6. The lowest BCUT2D eigenvalue weighted by Gasteiger charge is -2.30. The molecule has 2 aliphatic rings. The summed E-state index contributed by atoms with van der Waals surface area (Å²) in [5, 5.41) is 6.75. The molecule has 1 aromatic rings. The van der Waals surface area contributed by atoms with Crippen LogP contribution < -0.4 is 10.6 Å². The molecule has 2 heterocycles. The van der Waals surface area contributed by atoms with Crippen LogP contribution in [-0.4, -0.2) is 69.4 Å². The minimum atomic E-state index is -3.40. The Morgan fingerprint density at radius 3 is 2.53 bits per heavy atom. The number of piperidine rings is 1. The van der Waals surface area contributed by atoms with Crippen molar-refractivity contribution in [3.63, 3.8) is 0 Å². The van der Waals surface area contributed by atoms with Crippen molar-refractivity contribution in [2.75, 3.05) is 39.8 Å². The van der Waals surface area contributed by atoms with Crippen molar-refractivity contribution in [1.82, 2.24) is 19.8 Å². The third kappa shape index (κ3) is 5.74. The highest BCUT2D eigenvalue weighted by Gasteiger charge is 2.28. The second-order valence-corrected chi connectivity index (χ2v) is 10.4. The number of hydrogen-bond acceptors (Lipinski definition) is 4. The molecule has 0 saturated carbocycles. The van der Waals surface area contributed by atoms with Crippen LogP contribution in [0, 0.1) is 5.92 Å². The highest BCUT2D eigenvalue weighted by molar-refractivity contribution is 7.89. The van der Waals surface area contributed by atoms with Gasteiger partial charge in [-0.15, -0.1) is 0 Å². The van der Waals surface area contributed by atoms with E-state index in [0.717, 1.165) is 37.5 Å². The molecule has 3 rings (SSSR count). The number of nitrogens with zero attached hydrogens (tertiary/aromatic N) is 3. The van der Waals surface area contributed by atoms with Gasteiger partial charge >= 0.3 is 0 Å². The predicted octanol–water partition coefficient (Wildman–Crippen LogP) is 2.26. The molecule has 0 aromatic heterocycles. The second-order valence-electron chi connectivity index (χ2n) is 8.49. The summed E-state index contributed by atoms with van der Waals surface area (Å²) in [5.41, 5.74) is 1.03. The normalized spacial score (nSPS) is 24.2.